The van der Waals surface area contributed by atoms with Crippen molar-refractivity contribution >= 4 is 28.3 Å². The largest absolute Gasteiger partial charge is 0.489 e. The van der Waals surface area contributed by atoms with Crippen LogP contribution in [-0.4, -0.2) is 19.3 Å². The summed E-state index contributed by atoms with van der Waals surface area (Å²) >= 11 is 3.55. The van der Waals surface area contributed by atoms with Gasteiger partial charge >= 0.3 is 0 Å². The topological polar surface area (TPSA) is 30.5 Å². The Bertz CT molecular complexity index is 647. The van der Waals surface area contributed by atoms with Crippen LogP contribution in [0.5, 0.6) is 5.75 Å². The molecule has 2 aromatic carbocycles. The Morgan fingerprint density at radius 1 is 1.08 bits per heavy atom. The summed E-state index contributed by atoms with van der Waals surface area (Å²) in [6.07, 6.45) is 1.30. The van der Waals surface area contributed by atoms with Gasteiger partial charge in [0.2, 0.25) is 0 Å². The number of hydrogen-bond donors (Lipinski definition) is 1. The molecule has 0 amide bonds. The van der Waals surface area contributed by atoms with E-state index < -0.39 is 0 Å². The van der Waals surface area contributed by atoms with Crippen LogP contribution in [0.15, 0.2) is 46.9 Å². The highest BCUT2D eigenvalue weighted by atomic mass is 79.9. The number of aryl methyl sites for hydroxylation is 1. The fourth-order valence-electron chi connectivity index (χ4n) is 2.41. The minimum Gasteiger partial charge on any atom is -0.489 e. The lowest BCUT2D eigenvalue weighted by Gasteiger charge is -2.13. The number of rotatable bonds is 10. The van der Waals surface area contributed by atoms with Gasteiger partial charge < -0.3 is 14.8 Å². The molecule has 5 heteroatoms. The third kappa shape index (κ3) is 8.54. The quantitative estimate of drug-likeness (QED) is 0.481. The van der Waals surface area contributed by atoms with Crippen molar-refractivity contribution in [1.82, 2.24) is 5.32 Å². The van der Waals surface area contributed by atoms with E-state index in [9.17, 15) is 0 Å². The Labute approximate surface area is 172 Å². The van der Waals surface area contributed by atoms with Crippen LogP contribution in [-0.2, 0) is 17.9 Å². The Kier molecular flexibility index (Phi) is 10.9. The second kappa shape index (κ2) is 12.3. The van der Waals surface area contributed by atoms with Gasteiger partial charge in [-0.1, -0.05) is 45.8 Å². The summed E-state index contributed by atoms with van der Waals surface area (Å²) in [6, 6.07) is 14.6. The summed E-state index contributed by atoms with van der Waals surface area (Å²) in [5, 5.41) is 3.47. The molecule has 0 bridgehead atoms. The molecule has 0 aliphatic carbocycles. The molecule has 0 aliphatic heterocycles. The predicted octanol–water partition coefficient (Wildman–Crippen LogP) is 5.66. The molecule has 2 rings (SSSR count). The van der Waals surface area contributed by atoms with Crippen molar-refractivity contribution in [3.05, 3.63) is 63.6 Å². The molecular formula is C21H29BrClNO2. The first-order chi connectivity index (χ1) is 12.0. The molecule has 0 heterocycles. The Hall–Kier alpha value is -1.07. The van der Waals surface area contributed by atoms with Crippen LogP contribution in [0.1, 0.15) is 37.0 Å². The van der Waals surface area contributed by atoms with E-state index in [1.54, 1.807) is 0 Å². The summed E-state index contributed by atoms with van der Waals surface area (Å²) in [5.74, 6) is 0.926. The lowest BCUT2D eigenvalue weighted by atomic mass is 10.1. The molecule has 144 valence electrons. The van der Waals surface area contributed by atoms with Gasteiger partial charge in [0.05, 0.1) is 6.10 Å². The first-order valence-electron chi connectivity index (χ1n) is 8.83. The monoisotopic (exact) mass is 441 g/mol. The lowest BCUT2D eigenvalue weighted by molar-refractivity contribution is 0.0770. The van der Waals surface area contributed by atoms with E-state index in [4.69, 9.17) is 9.47 Å². The average Bonchev–Trinajstić information content (AvgIpc) is 2.58. The summed E-state index contributed by atoms with van der Waals surface area (Å²) in [6.45, 7) is 9.30. The second-order valence-corrected chi connectivity index (χ2v) is 7.39. The van der Waals surface area contributed by atoms with E-state index in [-0.39, 0.29) is 12.4 Å². The third-order valence-electron chi connectivity index (χ3n) is 3.80. The Morgan fingerprint density at radius 2 is 1.81 bits per heavy atom. The fourth-order valence-corrected chi connectivity index (χ4v) is 2.82. The van der Waals surface area contributed by atoms with Crippen LogP contribution in [0.25, 0.3) is 0 Å². The van der Waals surface area contributed by atoms with Gasteiger partial charge in [-0.2, -0.15) is 0 Å². The van der Waals surface area contributed by atoms with Crippen molar-refractivity contribution < 1.29 is 9.47 Å². The van der Waals surface area contributed by atoms with Crippen LogP contribution < -0.4 is 10.1 Å². The third-order valence-corrected chi connectivity index (χ3v) is 4.30. The molecule has 0 fully saturated rings. The molecule has 0 aromatic heterocycles. The molecule has 0 spiro atoms. The van der Waals surface area contributed by atoms with Crippen molar-refractivity contribution in [2.24, 2.45) is 0 Å². The summed E-state index contributed by atoms with van der Waals surface area (Å²) < 4.78 is 12.7. The number of halogens is 2. The van der Waals surface area contributed by atoms with Gasteiger partial charge in [0, 0.05) is 23.2 Å². The van der Waals surface area contributed by atoms with Gasteiger partial charge in [-0.25, -0.2) is 0 Å². The van der Waals surface area contributed by atoms with E-state index in [0.717, 1.165) is 41.9 Å². The minimum absolute atomic E-state index is 0. The zero-order chi connectivity index (χ0) is 18.1. The number of nitrogens with one attached hydrogen (secondary N) is 1. The Balaban J connectivity index is 0.00000338. The lowest BCUT2D eigenvalue weighted by Crippen LogP contribution is -2.18. The van der Waals surface area contributed by atoms with Crippen LogP contribution in [0.2, 0.25) is 0 Å². The van der Waals surface area contributed by atoms with Gasteiger partial charge in [-0.05, 0) is 57.5 Å². The molecule has 1 N–H and O–H groups in total. The van der Waals surface area contributed by atoms with Gasteiger partial charge in [0.15, 0.2) is 0 Å². The van der Waals surface area contributed by atoms with Gasteiger partial charge in [-0.3, -0.25) is 0 Å². The van der Waals surface area contributed by atoms with Crippen LogP contribution >= 0.6 is 28.3 Å². The molecule has 26 heavy (non-hydrogen) atoms. The molecule has 0 radical (unpaired) electrons. The predicted molar refractivity (Wildman–Crippen MR) is 114 cm³/mol. The van der Waals surface area contributed by atoms with Crippen molar-refractivity contribution in [3.8, 4) is 5.75 Å². The number of benzene rings is 2. The van der Waals surface area contributed by atoms with Crippen molar-refractivity contribution in [3.63, 3.8) is 0 Å². The van der Waals surface area contributed by atoms with Gasteiger partial charge in [0.25, 0.3) is 0 Å². The van der Waals surface area contributed by atoms with Gasteiger partial charge in [0.1, 0.15) is 12.4 Å². The highest BCUT2D eigenvalue weighted by Gasteiger charge is 2.05. The van der Waals surface area contributed by atoms with Crippen molar-refractivity contribution in [1.29, 1.82) is 0 Å². The van der Waals surface area contributed by atoms with E-state index in [2.05, 4.69) is 72.3 Å². The Morgan fingerprint density at radius 3 is 2.50 bits per heavy atom. The fraction of sp³-hybridized carbons (Fsp3) is 0.429. The smallest absolute Gasteiger partial charge is 0.124 e. The van der Waals surface area contributed by atoms with Crippen LogP contribution in [0.3, 0.4) is 0 Å². The zero-order valence-electron chi connectivity index (χ0n) is 15.8. The molecule has 0 saturated heterocycles. The van der Waals surface area contributed by atoms with E-state index in [0.29, 0.717) is 12.7 Å². The SMILES string of the molecule is Cc1ccc(COc2ccc(Br)cc2CNCCCOC(C)C)cc1.Cl. The van der Waals surface area contributed by atoms with Crippen LogP contribution in [0.4, 0.5) is 0 Å². The summed E-state index contributed by atoms with van der Waals surface area (Å²) in [4.78, 5) is 0. The molecular weight excluding hydrogens is 414 g/mol. The zero-order valence-corrected chi connectivity index (χ0v) is 18.2. The molecule has 3 nitrogen and oxygen atoms in total. The van der Waals surface area contributed by atoms with Gasteiger partial charge in [-0.15, -0.1) is 12.4 Å². The molecule has 0 unspecified atom stereocenters. The van der Waals surface area contributed by atoms with Crippen LogP contribution in [0, 0.1) is 6.92 Å². The number of hydrogen-bond acceptors (Lipinski definition) is 3. The normalized spacial score (nSPS) is 10.7. The summed E-state index contributed by atoms with van der Waals surface area (Å²) in [7, 11) is 0. The standard InChI is InChI=1S/C21H28BrNO2.ClH/c1-16(2)24-12-4-11-23-14-19-13-20(22)9-10-21(19)25-15-18-7-5-17(3)6-8-18;/h5-10,13,16,23H,4,11-12,14-15H2,1-3H3;1H. The highest BCUT2D eigenvalue weighted by molar-refractivity contribution is 9.10. The molecule has 2 aromatic rings. The highest BCUT2D eigenvalue weighted by Crippen LogP contribution is 2.24. The van der Waals surface area contributed by atoms with Crippen molar-refractivity contribution in [2.45, 2.75) is 46.4 Å². The molecule has 0 aliphatic rings. The molecule has 0 saturated carbocycles. The van der Waals surface area contributed by atoms with E-state index in [1.807, 2.05) is 12.1 Å². The van der Waals surface area contributed by atoms with E-state index in [1.165, 1.54) is 11.1 Å². The number of ether oxygens (including phenoxy) is 2. The van der Waals surface area contributed by atoms with E-state index >= 15 is 0 Å². The molecule has 0 atom stereocenters. The first kappa shape index (κ1) is 23.0. The van der Waals surface area contributed by atoms with Crippen molar-refractivity contribution in [2.75, 3.05) is 13.2 Å². The summed E-state index contributed by atoms with van der Waals surface area (Å²) in [5.41, 5.74) is 3.60. The maximum atomic E-state index is 6.04. The second-order valence-electron chi connectivity index (χ2n) is 6.48. The maximum Gasteiger partial charge on any atom is 0.124 e. The maximum absolute atomic E-state index is 6.04. The first-order valence-corrected chi connectivity index (χ1v) is 9.63. The average molecular weight is 443 g/mol. The minimum atomic E-state index is 0.